The standard InChI is InChI=1S/C11H18F2O2/c1-7(2)8(14)6-9(15)10(3,4)11(5,12)13/h6-7,15H,1-5H3. The maximum absolute atomic E-state index is 13.1. The average Bonchev–Trinajstić information content (AvgIpc) is 2.01. The van der Waals surface area contributed by atoms with E-state index in [4.69, 9.17) is 0 Å². The van der Waals surface area contributed by atoms with Gasteiger partial charge in [-0.1, -0.05) is 13.8 Å². The van der Waals surface area contributed by atoms with Gasteiger partial charge >= 0.3 is 0 Å². The summed E-state index contributed by atoms with van der Waals surface area (Å²) in [7, 11) is 0. The lowest BCUT2D eigenvalue weighted by Gasteiger charge is -2.30. The second-order valence-corrected chi connectivity index (χ2v) is 4.60. The van der Waals surface area contributed by atoms with Crippen LogP contribution in [0.15, 0.2) is 11.8 Å². The fourth-order valence-corrected chi connectivity index (χ4v) is 0.707. The van der Waals surface area contributed by atoms with E-state index in [1.165, 1.54) is 13.8 Å². The number of carbonyl (C=O) groups excluding carboxylic acids is 1. The molecule has 1 N–H and O–H groups in total. The maximum Gasteiger partial charge on any atom is 0.257 e. The Morgan fingerprint density at radius 3 is 1.93 bits per heavy atom. The highest BCUT2D eigenvalue weighted by atomic mass is 19.3. The first kappa shape index (κ1) is 14.1. The summed E-state index contributed by atoms with van der Waals surface area (Å²) in [5.41, 5.74) is -1.72. The molecule has 0 spiro atoms. The normalized spacial score (nSPS) is 14.5. The molecule has 0 fully saturated rings. The summed E-state index contributed by atoms with van der Waals surface area (Å²) in [4.78, 5) is 11.2. The molecule has 0 bridgehead atoms. The van der Waals surface area contributed by atoms with E-state index < -0.39 is 17.1 Å². The van der Waals surface area contributed by atoms with E-state index in [0.29, 0.717) is 0 Å². The zero-order chi connectivity index (χ0) is 12.4. The minimum Gasteiger partial charge on any atom is -0.511 e. The Morgan fingerprint density at radius 2 is 1.67 bits per heavy atom. The molecule has 88 valence electrons. The molecule has 0 aromatic carbocycles. The monoisotopic (exact) mass is 220 g/mol. The first-order valence-corrected chi connectivity index (χ1v) is 4.83. The number of ketones is 1. The molecule has 0 aromatic heterocycles. The van der Waals surface area contributed by atoms with Crippen LogP contribution in [0.25, 0.3) is 0 Å². The highest BCUT2D eigenvalue weighted by Gasteiger charge is 2.45. The molecule has 0 heterocycles. The van der Waals surface area contributed by atoms with Crippen LogP contribution in [-0.4, -0.2) is 16.8 Å². The van der Waals surface area contributed by atoms with Crippen LogP contribution in [0.1, 0.15) is 34.6 Å². The number of halogens is 2. The number of aliphatic hydroxyl groups is 1. The van der Waals surface area contributed by atoms with Crippen molar-refractivity contribution in [2.45, 2.75) is 40.5 Å². The van der Waals surface area contributed by atoms with Gasteiger partial charge in [0, 0.05) is 18.9 Å². The molecule has 0 unspecified atom stereocenters. The van der Waals surface area contributed by atoms with Crippen LogP contribution in [0.3, 0.4) is 0 Å². The highest BCUT2D eigenvalue weighted by molar-refractivity contribution is 5.91. The van der Waals surface area contributed by atoms with Gasteiger partial charge in [0.1, 0.15) is 5.76 Å². The van der Waals surface area contributed by atoms with E-state index in [1.807, 2.05) is 0 Å². The smallest absolute Gasteiger partial charge is 0.257 e. The summed E-state index contributed by atoms with van der Waals surface area (Å²) < 4.78 is 26.2. The van der Waals surface area contributed by atoms with E-state index >= 15 is 0 Å². The van der Waals surface area contributed by atoms with Crippen molar-refractivity contribution < 1.29 is 18.7 Å². The Hall–Kier alpha value is -0.930. The Kier molecular flexibility index (Phi) is 4.02. The molecule has 0 aromatic rings. The van der Waals surface area contributed by atoms with Crippen LogP contribution in [0.5, 0.6) is 0 Å². The molecule has 0 saturated heterocycles. The van der Waals surface area contributed by atoms with Gasteiger partial charge in [0.25, 0.3) is 5.92 Å². The summed E-state index contributed by atoms with van der Waals surface area (Å²) in [6.07, 6.45) is 0.891. The van der Waals surface area contributed by atoms with E-state index in [2.05, 4.69) is 0 Å². The van der Waals surface area contributed by atoms with Crippen molar-refractivity contribution in [2.24, 2.45) is 11.3 Å². The Labute approximate surface area is 89.0 Å². The zero-order valence-electron chi connectivity index (χ0n) is 9.77. The minimum absolute atomic E-state index is 0.312. The molecule has 0 saturated carbocycles. The van der Waals surface area contributed by atoms with Crippen molar-refractivity contribution in [1.29, 1.82) is 0 Å². The van der Waals surface area contributed by atoms with Gasteiger partial charge in [0.2, 0.25) is 0 Å². The van der Waals surface area contributed by atoms with Crippen LogP contribution in [0.4, 0.5) is 8.78 Å². The summed E-state index contributed by atoms with van der Waals surface area (Å²) in [5, 5.41) is 9.49. The maximum atomic E-state index is 13.1. The molecule has 4 heteroatoms. The van der Waals surface area contributed by atoms with Crippen LogP contribution < -0.4 is 0 Å². The SMILES string of the molecule is CC(C)C(=O)C=C(O)C(C)(C)C(C)(F)F. The average molecular weight is 220 g/mol. The van der Waals surface area contributed by atoms with Crippen molar-refractivity contribution in [2.75, 3.05) is 0 Å². The second kappa shape index (κ2) is 4.29. The van der Waals surface area contributed by atoms with E-state index in [1.54, 1.807) is 13.8 Å². The minimum atomic E-state index is -3.08. The summed E-state index contributed by atoms with van der Waals surface area (Å²) in [6.45, 7) is 6.40. The van der Waals surface area contributed by atoms with Crippen molar-refractivity contribution in [3.8, 4) is 0 Å². The number of allylic oxidation sites excluding steroid dienone is 2. The van der Waals surface area contributed by atoms with E-state index in [9.17, 15) is 18.7 Å². The molecule has 0 amide bonds. The van der Waals surface area contributed by atoms with Crippen LogP contribution in [0.2, 0.25) is 0 Å². The molecule has 0 aliphatic rings. The highest BCUT2D eigenvalue weighted by Crippen LogP contribution is 2.40. The second-order valence-electron chi connectivity index (χ2n) is 4.60. The van der Waals surface area contributed by atoms with Gasteiger partial charge in [0.15, 0.2) is 5.78 Å². The molecule has 0 rings (SSSR count). The topological polar surface area (TPSA) is 37.3 Å². The van der Waals surface area contributed by atoms with Crippen LogP contribution in [0, 0.1) is 11.3 Å². The molecule has 0 atom stereocenters. The number of hydrogen-bond acceptors (Lipinski definition) is 2. The van der Waals surface area contributed by atoms with Gasteiger partial charge in [-0.2, -0.15) is 0 Å². The number of alkyl halides is 2. The Bertz CT molecular complexity index is 273. The lowest BCUT2D eigenvalue weighted by molar-refractivity contribution is -0.118. The number of rotatable bonds is 4. The molecule has 2 nitrogen and oxygen atoms in total. The molecule has 0 radical (unpaired) electrons. The third-order valence-electron chi connectivity index (χ3n) is 2.59. The predicted molar refractivity (Wildman–Crippen MR) is 55.0 cm³/mol. The third kappa shape index (κ3) is 3.29. The summed E-state index contributed by atoms with van der Waals surface area (Å²) in [5.74, 6) is -4.32. The van der Waals surface area contributed by atoms with Crippen molar-refractivity contribution in [3.63, 3.8) is 0 Å². The quantitative estimate of drug-likeness (QED) is 0.582. The van der Waals surface area contributed by atoms with Crippen molar-refractivity contribution in [1.82, 2.24) is 0 Å². The molecule has 15 heavy (non-hydrogen) atoms. The Balaban J connectivity index is 5.01. The number of aliphatic hydroxyl groups excluding tert-OH is 1. The zero-order valence-corrected chi connectivity index (χ0v) is 9.77. The Morgan fingerprint density at radius 1 is 1.27 bits per heavy atom. The van der Waals surface area contributed by atoms with Gasteiger partial charge < -0.3 is 5.11 Å². The third-order valence-corrected chi connectivity index (χ3v) is 2.59. The fourth-order valence-electron chi connectivity index (χ4n) is 0.707. The van der Waals surface area contributed by atoms with E-state index in [0.717, 1.165) is 13.0 Å². The number of hydrogen-bond donors (Lipinski definition) is 1. The van der Waals surface area contributed by atoms with Gasteiger partial charge in [-0.05, 0) is 13.8 Å². The molecular weight excluding hydrogens is 202 g/mol. The largest absolute Gasteiger partial charge is 0.511 e. The van der Waals surface area contributed by atoms with Crippen LogP contribution >= 0.6 is 0 Å². The van der Waals surface area contributed by atoms with Crippen molar-refractivity contribution >= 4 is 5.78 Å². The molecule has 0 aliphatic carbocycles. The molecular formula is C11H18F2O2. The number of carbonyl (C=O) groups is 1. The van der Waals surface area contributed by atoms with Gasteiger partial charge in [-0.3, -0.25) is 4.79 Å². The van der Waals surface area contributed by atoms with Gasteiger partial charge in [-0.15, -0.1) is 0 Å². The van der Waals surface area contributed by atoms with Gasteiger partial charge in [-0.25, -0.2) is 8.78 Å². The molecule has 0 aliphatic heterocycles. The fraction of sp³-hybridized carbons (Fsp3) is 0.727. The summed E-state index contributed by atoms with van der Waals surface area (Å²) in [6, 6.07) is 0. The lowest BCUT2D eigenvalue weighted by atomic mass is 9.83. The summed E-state index contributed by atoms with van der Waals surface area (Å²) >= 11 is 0. The van der Waals surface area contributed by atoms with Crippen molar-refractivity contribution in [3.05, 3.63) is 11.8 Å². The lowest BCUT2D eigenvalue weighted by Crippen LogP contribution is -2.35. The van der Waals surface area contributed by atoms with Crippen LogP contribution in [-0.2, 0) is 4.79 Å². The van der Waals surface area contributed by atoms with Gasteiger partial charge in [0.05, 0.1) is 5.41 Å². The first-order valence-electron chi connectivity index (χ1n) is 4.83. The van der Waals surface area contributed by atoms with E-state index in [-0.39, 0.29) is 11.7 Å². The predicted octanol–water partition coefficient (Wildman–Crippen LogP) is 3.33. The first-order chi connectivity index (χ1) is 6.50.